The molecule has 122 valence electrons. The van der Waals surface area contributed by atoms with E-state index in [0.29, 0.717) is 16.1 Å². The number of carbonyl (C=O) groups is 1. The Morgan fingerprint density at radius 1 is 1.33 bits per heavy atom. The van der Waals surface area contributed by atoms with E-state index in [0.717, 1.165) is 5.39 Å². The largest absolute Gasteiger partial charge is 0.364 e. The third-order valence-electron chi connectivity index (χ3n) is 3.56. The Morgan fingerprint density at radius 3 is 2.88 bits per heavy atom. The maximum atomic E-state index is 12.3. The van der Waals surface area contributed by atoms with Crippen LogP contribution in [0.5, 0.6) is 0 Å². The van der Waals surface area contributed by atoms with Crippen molar-refractivity contribution in [2.75, 3.05) is 5.32 Å². The molecular formula is C16H14ClN5O2. The van der Waals surface area contributed by atoms with Crippen molar-refractivity contribution in [2.24, 2.45) is 5.73 Å². The van der Waals surface area contributed by atoms with Crippen LogP contribution in [0.1, 0.15) is 29.0 Å². The van der Waals surface area contributed by atoms with E-state index in [1.54, 1.807) is 31.2 Å². The zero-order valence-corrected chi connectivity index (χ0v) is 13.5. The summed E-state index contributed by atoms with van der Waals surface area (Å²) in [5.41, 5.74) is 6.27. The zero-order valence-electron chi connectivity index (χ0n) is 12.7. The van der Waals surface area contributed by atoms with E-state index in [2.05, 4.69) is 20.3 Å². The van der Waals surface area contributed by atoms with Gasteiger partial charge in [0.15, 0.2) is 0 Å². The topological polar surface area (TPSA) is 114 Å². The number of pyridine rings is 1. The van der Waals surface area contributed by atoms with Crippen molar-refractivity contribution in [1.82, 2.24) is 15.0 Å². The van der Waals surface area contributed by atoms with Crippen LogP contribution in [-0.2, 0) is 0 Å². The summed E-state index contributed by atoms with van der Waals surface area (Å²) in [7, 11) is 0. The van der Waals surface area contributed by atoms with E-state index in [1.807, 2.05) is 0 Å². The zero-order chi connectivity index (χ0) is 17.3. The molecule has 3 aromatic rings. The number of carbonyl (C=O) groups excluding carboxylic acids is 1. The molecule has 1 unspecified atom stereocenters. The van der Waals surface area contributed by atoms with Gasteiger partial charge in [-0.05, 0) is 37.3 Å². The summed E-state index contributed by atoms with van der Waals surface area (Å²) in [4.78, 5) is 34.3. The standard InChI is InChI=1S/C16H14ClN5O2/c1-8(20-16-19-5-4-13(22-16)14(18)23)11-7-9-6-10(17)2-3-12(9)21-15(11)24/h2-8H,1H3,(H2,18,23)(H,21,24)(H,19,20,22). The van der Waals surface area contributed by atoms with Crippen molar-refractivity contribution >= 4 is 34.4 Å². The first-order chi connectivity index (χ1) is 11.4. The van der Waals surface area contributed by atoms with Crippen LogP contribution >= 0.6 is 11.6 Å². The highest BCUT2D eigenvalue weighted by Gasteiger charge is 2.13. The highest BCUT2D eigenvalue weighted by atomic mass is 35.5. The number of primary amides is 1. The molecule has 1 atom stereocenters. The number of H-pyrrole nitrogens is 1. The quantitative estimate of drug-likeness (QED) is 0.672. The number of aromatic nitrogens is 3. The van der Waals surface area contributed by atoms with Crippen LogP contribution < -0.4 is 16.6 Å². The summed E-state index contributed by atoms with van der Waals surface area (Å²) in [6, 6.07) is 8.02. The van der Waals surface area contributed by atoms with Gasteiger partial charge in [0, 0.05) is 27.7 Å². The number of aromatic amines is 1. The van der Waals surface area contributed by atoms with Crippen LogP contribution in [0, 0.1) is 0 Å². The van der Waals surface area contributed by atoms with Gasteiger partial charge in [-0.2, -0.15) is 0 Å². The molecule has 2 aromatic heterocycles. The second-order valence-electron chi connectivity index (χ2n) is 5.28. The number of nitrogens with two attached hydrogens (primary N) is 1. The third-order valence-corrected chi connectivity index (χ3v) is 3.79. The molecule has 0 aliphatic heterocycles. The van der Waals surface area contributed by atoms with Crippen LogP contribution in [0.4, 0.5) is 5.95 Å². The average Bonchev–Trinajstić information content (AvgIpc) is 2.54. The van der Waals surface area contributed by atoms with Crippen molar-refractivity contribution in [1.29, 1.82) is 0 Å². The van der Waals surface area contributed by atoms with Crippen molar-refractivity contribution in [3.8, 4) is 0 Å². The average molecular weight is 344 g/mol. The number of benzene rings is 1. The first kappa shape index (κ1) is 15.9. The van der Waals surface area contributed by atoms with Crippen molar-refractivity contribution in [3.05, 3.63) is 63.2 Å². The molecule has 0 aliphatic carbocycles. The Balaban J connectivity index is 1.95. The lowest BCUT2D eigenvalue weighted by atomic mass is 10.1. The monoisotopic (exact) mass is 343 g/mol. The van der Waals surface area contributed by atoms with Gasteiger partial charge in [-0.1, -0.05) is 11.6 Å². The molecule has 1 aromatic carbocycles. The summed E-state index contributed by atoms with van der Waals surface area (Å²) in [6.07, 6.45) is 1.42. The molecule has 2 heterocycles. The third kappa shape index (κ3) is 3.21. The van der Waals surface area contributed by atoms with Gasteiger partial charge < -0.3 is 16.0 Å². The second-order valence-corrected chi connectivity index (χ2v) is 5.72. The number of rotatable bonds is 4. The normalized spacial score (nSPS) is 12.1. The minimum absolute atomic E-state index is 0.0962. The summed E-state index contributed by atoms with van der Waals surface area (Å²) in [5, 5.41) is 4.39. The summed E-state index contributed by atoms with van der Waals surface area (Å²) in [6.45, 7) is 1.79. The van der Waals surface area contributed by atoms with E-state index in [1.165, 1.54) is 12.3 Å². The van der Waals surface area contributed by atoms with Crippen LogP contribution in [0.15, 0.2) is 41.3 Å². The van der Waals surface area contributed by atoms with Crippen LogP contribution in [-0.4, -0.2) is 20.9 Å². The van der Waals surface area contributed by atoms with Crippen molar-refractivity contribution in [2.45, 2.75) is 13.0 Å². The molecule has 4 N–H and O–H groups in total. The molecule has 0 saturated carbocycles. The van der Waals surface area contributed by atoms with Crippen molar-refractivity contribution in [3.63, 3.8) is 0 Å². The number of fused-ring (bicyclic) bond motifs is 1. The van der Waals surface area contributed by atoms with E-state index in [-0.39, 0.29) is 23.2 Å². The maximum Gasteiger partial charge on any atom is 0.267 e. The second kappa shape index (κ2) is 6.29. The van der Waals surface area contributed by atoms with E-state index >= 15 is 0 Å². The lowest BCUT2D eigenvalue weighted by molar-refractivity contribution is 0.0995. The number of hydrogen-bond acceptors (Lipinski definition) is 5. The molecule has 1 amide bonds. The summed E-state index contributed by atoms with van der Waals surface area (Å²) >= 11 is 6.00. The molecule has 0 fully saturated rings. The minimum Gasteiger partial charge on any atom is -0.364 e. The SMILES string of the molecule is CC(Nc1nccc(C(N)=O)n1)c1cc2cc(Cl)ccc2[nH]c1=O. The first-order valence-corrected chi connectivity index (χ1v) is 7.53. The maximum absolute atomic E-state index is 12.3. The van der Waals surface area contributed by atoms with E-state index < -0.39 is 5.91 Å². The fraction of sp³-hybridized carbons (Fsp3) is 0.125. The Bertz CT molecular complexity index is 986. The Labute approximate surface area is 141 Å². The Kier molecular flexibility index (Phi) is 4.18. The number of anilines is 1. The van der Waals surface area contributed by atoms with E-state index in [4.69, 9.17) is 17.3 Å². The fourth-order valence-electron chi connectivity index (χ4n) is 2.35. The highest BCUT2D eigenvalue weighted by Crippen LogP contribution is 2.20. The molecule has 7 nitrogen and oxygen atoms in total. The number of nitrogens with one attached hydrogen (secondary N) is 2. The number of hydrogen-bond donors (Lipinski definition) is 3. The summed E-state index contributed by atoms with van der Waals surface area (Å²) in [5.74, 6) is -0.435. The molecule has 0 saturated heterocycles. The van der Waals surface area contributed by atoms with Gasteiger partial charge in [0.25, 0.3) is 11.5 Å². The molecule has 0 spiro atoms. The predicted octanol–water partition coefficient (Wildman–Crippen LogP) is 2.24. The number of halogens is 1. The molecule has 0 aliphatic rings. The lowest BCUT2D eigenvalue weighted by Crippen LogP contribution is -2.21. The van der Waals surface area contributed by atoms with Gasteiger partial charge in [-0.25, -0.2) is 9.97 Å². The minimum atomic E-state index is -0.647. The summed E-state index contributed by atoms with van der Waals surface area (Å²) < 4.78 is 0. The van der Waals surface area contributed by atoms with Gasteiger partial charge in [0.05, 0.1) is 6.04 Å². The van der Waals surface area contributed by atoms with Gasteiger partial charge in [0.2, 0.25) is 5.95 Å². The van der Waals surface area contributed by atoms with Crippen LogP contribution in [0.3, 0.4) is 0 Å². The Hall–Kier alpha value is -2.93. The van der Waals surface area contributed by atoms with Crippen LogP contribution in [0.2, 0.25) is 5.02 Å². The molecule has 0 bridgehead atoms. The molecule has 0 radical (unpaired) electrons. The highest BCUT2D eigenvalue weighted by molar-refractivity contribution is 6.31. The van der Waals surface area contributed by atoms with Crippen molar-refractivity contribution < 1.29 is 4.79 Å². The van der Waals surface area contributed by atoms with Gasteiger partial charge in [-0.15, -0.1) is 0 Å². The fourth-order valence-corrected chi connectivity index (χ4v) is 2.53. The molecular weight excluding hydrogens is 330 g/mol. The number of amides is 1. The van der Waals surface area contributed by atoms with E-state index in [9.17, 15) is 9.59 Å². The molecule has 3 rings (SSSR count). The predicted molar refractivity (Wildman–Crippen MR) is 92.2 cm³/mol. The first-order valence-electron chi connectivity index (χ1n) is 7.16. The Morgan fingerprint density at radius 2 is 2.12 bits per heavy atom. The van der Waals surface area contributed by atoms with Gasteiger partial charge in [-0.3, -0.25) is 9.59 Å². The number of nitrogens with zero attached hydrogens (tertiary/aromatic N) is 2. The molecule has 8 heteroatoms. The van der Waals surface area contributed by atoms with Crippen LogP contribution in [0.25, 0.3) is 10.9 Å². The van der Waals surface area contributed by atoms with Gasteiger partial charge in [0.1, 0.15) is 5.69 Å². The smallest absolute Gasteiger partial charge is 0.267 e. The lowest BCUT2D eigenvalue weighted by Gasteiger charge is -2.14. The van der Waals surface area contributed by atoms with Gasteiger partial charge >= 0.3 is 0 Å². The molecule has 24 heavy (non-hydrogen) atoms.